The highest BCUT2D eigenvalue weighted by atomic mass is 28.3. The molecule has 0 heterocycles. The number of rotatable bonds is 7. The normalized spacial score (nSPS) is 11.8. The van der Waals surface area contributed by atoms with Crippen molar-refractivity contribution in [2.24, 2.45) is 0 Å². The molecule has 0 aromatic heterocycles. The fraction of sp³-hybridized carbons (Fsp3) is 0.368. The maximum atomic E-state index is 4.09. The van der Waals surface area contributed by atoms with Gasteiger partial charge in [-0.15, -0.1) is 0 Å². The topological polar surface area (TPSA) is 12.0 Å². The highest BCUT2D eigenvalue weighted by molar-refractivity contribution is 6.77. The SMILES string of the molecule is CC[Si](CC)(CC)NC(c1ccccc1)c1ccccc1. The third-order valence-corrected chi connectivity index (χ3v) is 9.71. The molecule has 112 valence electrons. The Morgan fingerprint density at radius 3 is 1.43 bits per heavy atom. The minimum absolute atomic E-state index is 0.318. The van der Waals surface area contributed by atoms with Crippen molar-refractivity contribution < 1.29 is 0 Å². The summed E-state index contributed by atoms with van der Waals surface area (Å²) < 4.78 is 0. The first-order valence-electron chi connectivity index (χ1n) is 8.12. The molecular weight excluding hydrogens is 270 g/mol. The van der Waals surface area contributed by atoms with Gasteiger partial charge in [0, 0.05) is 0 Å². The second kappa shape index (κ2) is 7.58. The largest absolute Gasteiger partial charge is 0.327 e. The zero-order valence-corrected chi connectivity index (χ0v) is 14.5. The molecule has 2 rings (SSSR count). The molecule has 0 aliphatic rings. The van der Waals surface area contributed by atoms with Gasteiger partial charge in [-0.2, -0.15) is 0 Å². The van der Waals surface area contributed by atoms with E-state index in [2.05, 4.69) is 86.4 Å². The van der Waals surface area contributed by atoms with E-state index in [4.69, 9.17) is 0 Å². The van der Waals surface area contributed by atoms with Gasteiger partial charge >= 0.3 is 0 Å². The number of nitrogens with one attached hydrogen (secondary N) is 1. The van der Waals surface area contributed by atoms with Crippen molar-refractivity contribution in [2.75, 3.05) is 0 Å². The summed E-state index contributed by atoms with van der Waals surface area (Å²) >= 11 is 0. The van der Waals surface area contributed by atoms with E-state index in [0.717, 1.165) is 0 Å². The Morgan fingerprint density at radius 2 is 1.10 bits per heavy atom. The van der Waals surface area contributed by atoms with Gasteiger partial charge in [0.1, 0.15) is 8.24 Å². The highest BCUT2D eigenvalue weighted by Gasteiger charge is 2.30. The summed E-state index contributed by atoms with van der Waals surface area (Å²) in [5, 5.41) is 0. The lowest BCUT2D eigenvalue weighted by molar-refractivity contribution is 0.742. The second-order valence-electron chi connectivity index (χ2n) is 5.74. The van der Waals surface area contributed by atoms with Crippen LogP contribution in [-0.4, -0.2) is 8.24 Å². The average molecular weight is 298 g/mol. The van der Waals surface area contributed by atoms with Crippen LogP contribution in [0.4, 0.5) is 0 Å². The minimum Gasteiger partial charge on any atom is -0.327 e. The standard InChI is InChI=1S/C19H27NSi/c1-4-21(5-2,6-3)20-19(17-13-9-7-10-14-17)18-15-11-8-12-16-18/h7-16,19-20H,4-6H2,1-3H3. The molecule has 2 aromatic carbocycles. The van der Waals surface area contributed by atoms with E-state index in [-0.39, 0.29) is 0 Å². The van der Waals surface area contributed by atoms with Gasteiger partial charge in [0.25, 0.3) is 0 Å². The molecule has 0 aliphatic carbocycles. The second-order valence-corrected chi connectivity index (χ2v) is 10.7. The van der Waals surface area contributed by atoms with E-state index in [1.54, 1.807) is 0 Å². The molecule has 0 unspecified atom stereocenters. The summed E-state index contributed by atoms with van der Waals surface area (Å²) in [7, 11) is -1.40. The number of benzene rings is 2. The van der Waals surface area contributed by atoms with Crippen LogP contribution < -0.4 is 4.98 Å². The van der Waals surface area contributed by atoms with E-state index in [9.17, 15) is 0 Å². The predicted octanol–water partition coefficient (Wildman–Crippen LogP) is 5.37. The third-order valence-electron chi connectivity index (χ3n) is 4.75. The molecule has 0 bridgehead atoms. The van der Waals surface area contributed by atoms with Gasteiger partial charge in [-0.3, -0.25) is 0 Å². The van der Waals surface area contributed by atoms with Crippen LogP contribution in [0.1, 0.15) is 37.9 Å². The summed E-state index contributed by atoms with van der Waals surface area (Å²) in [5.74, 6) is 0. The van der Waals surface area contributed by atoms with Gasteiger partial charge in [-0.1, -0.05) is 81.4 Å². The molecule has 2 heteroatoms. The van der Waals surface area contributed by atoms with Crippen LogP contribution in [-0.2, 0) is 0 Å². The Labute approximate surface area is 130 Å². The molecule has 0 saturated heterocycles. The summed E-state index contributed by atoms with van der Waals surface area (Å²) in [5.41, 5.74) is 2.74. The maximum absolute atomic E-state index is 4.09. The lowest BCUT2D eigenvalue weighted by Gasteiger charge is -2.35. The molecule has 0 saturated carbocycles. The zero-order valence-electron chi connectivity index (χ0n) is 13.5. The van der Waals surface area contributed by atoms with E-state index in [1.165, 1.54) is 29.3 Å². The summed E-state index contributed by atoms with van der Waals surface area (Å²) in [6, 6.07) is 25.9. The Kier molecular flexibility index (Phi) is 5.77. The zero-order chi connectivity index (χ0) is 15.1. The molecule has 1 nitrogen and oxygen atoms in total. The van der Waals surface area contributed by atoms with Crippen molar-refractivity contribution in [3.05, 3.63) is 71.8 Å². The van der Waals surface area contributed by atoms with E-state index in [1.807, 2.05) is 0 Å². The quantitative estimate of drug-likeness (QED) is 0.677. The Hall–Kier alpha value is -1.38. The molecular formula is C19H27NSi. The van der Waals surface area contributed by atoms with Crippen molar-refractivity contribution >= 4 is 8.24 Å². The lowest BCUT2D eigenvalue weighted by Crippen LogP contribution is -2.50. The molecule has 1 N–H and O–H groups in total. The van der Waals surface area contributed by atoms with Crippen molar-refractivity contribution in [2.45, 2.75) is 44.9 Å². The Bertz CT molecular complexity index is 472. The first-order chi connectivity index (χ1) is 10.2. The summed E-state index contributed by atoms with van der Waals surface area (Å²) in [6.45, 7) is 7.04. The van der Waals surface area contributed by atoms with Crippen molar-refractivity contribution in [3.63, 3.8) is 0 Å². The molecule has 21 heavy (non-hydrogen) atoms. The predicted molar refractivity (Wildman–Crippen MR) is 95.1 cm³/mol. The molecule has 0 fully saturated rings. The van der Waals surface area contributed by atoms with Crippen molar-refractivity contribution in [3.8, 4) is 0 Å². The molecule has 0 atom stereocenters. The van der Waals surface area contributed by atoms with Crippen molar-refractivity contribution in [1.82, 2.24) is 4.98 Å². The van der Waals surface area contributed by atoms with Crippen LogP contribution in [0, 0.1) is 0 Å². The van der Waals surface area contributed by atoms with Gasteiger partial charge in [0.05, 0.1) is 6.04 Å². The monoisotopic (exact) mass is 297 g/mol. The lowest BCUT2D eigenvalue weighted by atomic mass is 10.00. The fourth-order valence-electron chi connectivity index (χ4n) is 3.01. The third kappa shape index (κ3) is 3.83. The molecule has 0 radical (unpaired) electrons. The first-order valence-corrected chi connectivity index (χ1v) is 10.7. The number of hydrogen-bond acceptors (Lipinski definition) is 1. The maximum Gasteiger partial charge on any atom is 0.125 e. The summed E-state index contributed by atoms with van der Waals surface area (Å²) in [6.07, 6.45) is 0. The van der Waals surface area contributed by atoms with Gasteiger partial charge < -0.3 is 4.98 Å². The van der Waals surface area contributed by atoms with Crippen LogP contribution >= 0.6 is 0 Å². The van der Waals surface area contributed by atoms with Gasteiger partial charge in [-0.25, -0.2) is 0 Å². The van der Waals surface area contributed by atoms with E-state index >= 15 is 0 Å². The van der Waals surface area contributed by atoms with Crippen LogP contribution in [0.3, 0.4) is 0 Å². The van der Waals surface area contributed by atoms with Gasteiger partial charge in [-0.05, 0) is 29.3 Å². The minimum atomic E-state index is -1.40. The van der Waals surface area contributed by atoms with Crippen LogP contribution in [0.15, 0.2) is 60.7 Å². The van der Waals surface area contributed by atoms with Crippen molar-refractivity contribution in [1.29, 1.82) is 0 Å². The van der Waals surface area contributed by atoms with Crippen LogP contribution in [0.2, 0.25) is 18.1 Å². The van der Waals surface area contributed by atoms with E-state index < -0.39 is 8.24 Å². The van der Waals surface area contributed by atoms with Gasteiger partial charge in [0.2, 0.25) is 0 Å². The first kappa shape index (κ1) is 16.0. The van der Waals surface area contributed by atoms with Crippen LogP contribution in [0.5, 0.6) is 0 Å². The Morgan fingerprint density at radius 1 is 0.714 bits per heavy atom. The Balaban J connectivity index is 2.38. The molecule has 0 amide bonds. The molecule has 2 aromatic rings. The smallest absolute Gasteiger partial charge is 0.125 e. The van der Waals surface area contributed by atoms with Gasteiger partial charge in [0.15, 0.2) is 0 Å². The highest BCUT2D eigenvalue weighted by Crippen LogP contribution is 2.27. The summed E-state index contributed by atoms with van der Waals surface area (Å²) in [4.78, 5) is 4.09. The van der Waals surface area contributed by atoms with E-state index in [0.29, 0.717) is 6.04 Å². The average Bonchev–Trinajstić information content (AvgIpc) is 2.58. The van der Waals surface area contributed by atoms with Crippen LogP contribution in [0.25, 0.3) is 0 Å². The number of hydrogen-bond donors (Lipinski definition) is 1. The molecule has 0 spiro atoms. The fourth-order valence-corrected chi connectivity index (χ4v) is 6.07. The molecule has 0 aliphatic heterocycles.